The van der Waals surface area contributed by atoms with Gasteiger partial charge in [0.05, 0.1) is 11.2 Å². The number of aromatic nitrogens is 1. The Morgan fingerprint density at radius 3 is 2.72 bits per heavy atom. The summed E-state index contributed by atoms with van der Waals surface area (Å²) in [7, 11) is 2.13. The third-order valence-electron chi connectivity index (χ3n) is 3.65. The van der Waals surface area contributed by atoms with Gasteiger partial charge >= 0.3 is 0 Å². The zero-order valence-corrected chi connectivity index (χ0v) is 11.4. The van der Waals surface area contributed by atoms with E-state index >= 15 is 0 Å². The molecule has 2 rings (SSSR count). The van der Waals surface area contributed by atoms with Gasteiger partial charge in [-0.3, -0.25) is 4.98 Å². The van der Waals surface area contributed by atoms with Crippen molar-refractivity contribution in [2.24, 2.45) is 5.73 Å². The van der Waals surface area contributed by atoms with Gasteiger partial charge in [-0.25, -0.2) is 0 Å². The van der Waals surface area contributed by atoms with Crippen LogP contribution in [0.4, 0.5) is 5.69 Å². The number of nitrogens with two attached hydrogens (primary N) is 1. The first-order valence-corrected chi connectivity index (χ1v) is 6.48. The molecule has 1 atom stereocenters. The van der Waals surface area contributed by atoms with E-state index in [1.807, 2.05) is 18.3 Å². The molecule has 0 saturated carbocycles. The fourth-order valence-electron chi connectivity index (χ4n) is 2.23. The van der Waals surface area contributed by atoms with Crippen molar-refractivity contribution in [2.45, 2.75) is 32.9 Å². The number of pyridine rings is 1. The van der Waals surface area contributed by atoms with Crippen LogP contribution in [-0.2, 0) is 6.54 Å². The van der Waals surface area contributed by atoms with Crippen molar-refractivity contribution in [2.75, 3.05) is 11.9 Å². The van der Waals surface area contributed by atoms with E-state index in [-0.39, 0.29) is 0 Å². The number of fused-ring (bicyclic) bond motifs is 1. The highest BCUT2D eigenvalue weighted by molar-refractivity contribution is 5.93. The van der Waals surface area contributed by atoms with Crippen molar-refractivity contribution < 1.29 is 0 Å². The molecule has 2 aromatic rings. The van der Waals surface area contributed by atoms with E-state index in [1.165, 1.54) is 11.1 Å². The summed E-state index contributed by atoms with van der Waals surface area (Å²) in [6.07, 6.45) is 3.01. The molecule has 0 amide bonds. The van der Waals surface area contributed by atoms with E-state index in [1.54, 1.807) is 0 Å². The van der Waals surface area contributed by atoms with Crippen molar-refractivity contribution in [1.82, 2.24) is 4.98 Å². The van der Waals surface area contributed by atoms with Gasteiger partial charge in [0.25, 0.3) is 0 Å². The summed E-state index contributed by atoms with van der Waals surface area (Å²) in [5.41, 5.74) is 9.21. The zero-order chi connectivity index (χ0) is 13.1. The summed E-state index contributed by atoms with van der Waals surface area (Å²) in [5.74, 6) is 0. The van der Waals surface area contributed by atoms with Crippen molar-refractivity contribution in [1.29, 1.82) is 0 Å². The SMILES string of the molecule is CCC(C)N(C)c1c(CN)cnc2ccccc12. The second-order valence-corrected chi connectivity index (χ2v) is 4.72. The predicted molar refractivity (Wildman–Crippen MR) is 77.8 cm³/mol. The van der Waals surface area contributed by atoms with Crippen molar-refractivity contribution in [3.8, 4) is 0 Å². The van der Waals surface area contributed by atoms with E-state index in [0.717, 1.165) is 17.5 Å². The Morgan fingerprint density at radius 2 is 2.06 bits per heavy atom. The summed E-state index contributed by atoms with van der Waals surface area (Å²) in [4.78, 5) is 6.79. The Hall–Kier alpha value is -1.61. The molecule has 3 heteroatoms. The van der Waals surface area contributed by atoms with Gasteiger partial charge in [0.1, 0.15) is 0 Å². The quantitative estimate of drug-likeness (QED) is 0.897. The van der Waals surface area contributed by atoms with Crippen LogP contribution in [0.3, 0.4) is 0 Å². The van der Waals surface area contributed by atoms with Crippen LogP contribution in [0.5, 0.6) is 0 Å². The van der Waals surface area contributed by atoms with Gasteiger partial charge < -0.3 is 10.6 Å². The van der Waals surface area contributed by atoms with Gasteiger partial charge in [0.15, 0.2) is 0 Å². The molecular weight excluding hydrogens is 222 g/mol. The average Bonchev–Trinajstić information content (AvgIpc) is 2.44. The zero-order valence-electron chi connectivity index (χ0n) is 11.4. The van der Waals surface area contributed by atoms with E-state index in [9.17, 15) is 0 Å². The van der Waals surface area contributed by atoms with Crippen LogP contribution in [0.1, 0.15) is 25.8 Å². The highest BCUT2D eigenvalue weighted by Crippen LogP contribution is 2.30. The number of anilines is 1. The minimum atomic E-state index is 0.487. The van der Waals surface area contributed by atoms with E-state index in [4.69, 9.17) is 5.73 Å². The van der Waals surface area contributed by atoms with Crippen molar-refractivity contribution in [3.05, 3.63) is 36.0 Å². The Morgan fingerprint density at radius 1 is 1.33 bits per heavy atom. The van der Waals surface area contributed by atoms with Crippen LogP contribution in [0.15, 0.2) is 30.5 Å². The van der Waals surface area contributed by atoms with Crippen LogP contribution in [0.2, 0.25) is 0 Å². The maximum atomic E-state index is 5.85. The molecule has 1 unspecified atom stereocenters. The van der Waals surface area contributed by atoms with Gasteiger partial charge in [-0.1, -0.05) is 25.1 Å². The first-order chi connectivity index (χ1) is 8.69. The molecule has 0 aliphatic rings. The first-order valence-electron chi connectivity index (χ1n) is 6.48. The largest absolute Gasteiger partial charge is 0.371 e. The van der Waals surface area contributed by atoms with Crippen LogP contribution >= 0.6 is 0 Å². The van der Waals surface area contributed by atoms with E-state index in [2.05, 4.69) is 42.9 Å². The molecule has 1 heterocycles. The third-order valence-corrected chi connectivity index (χ3v) is 3.65. The van der Waals surface area contributed by atoms with Crippen molar-refractivity contribution in [3.63, 3.8) is 0 Å². The summed E-state index contributed by atoms with van der Waals surface area (Å²) in [5, 5.41) is 1.18. The average molecular weight is 243 g/mol. The lowest BCUT2D eigenvalue weighted by Crippen LogP contribution is -2.29. The fraction of sp³-hybridized carbons (Fsp3) is 0.400. The van der Waals surface area contributed by atoms with Crippen LogP contribution < -0.4 is 10.6 Å². The predicted octanol–water partition coefficient (Wildman–Crippen LogP) is 2.93. The molecule has 2 N–H and O–H groups in total. The monoisotopic (exact) mass is 243 g/mol. The molecule has 1 aromatic carbocycles. The highest BCUT2D eigenvalue weighted by atomic mass is 15.1. The molecule has 0 aliphatic heterocycles. The minimum absolute atomic E-state index is 0.487. The second kappa shape index (κ2) is 5.36. The molecule has 1 aromatic heterocycles. The van der Waals surface area contributed by atoms with Crippen LogP contribution in [-0.4, -0.2) is 18.1 Å². The van der Waals surface area contributed by atoms with Crippen LogP contribution in [0, 0.1) is 0 Å². The number of rotatable bonds is 4. The standard InChI is InChI=1S/C15H21N3/c1-4-11(2)18(3)15-12(9-16)10-17-14-8-6-5-7-13(14)15/h5-8,10-11H,4,9,16H2,1-3H3. The summed E-state index contributed by atoms with van der Waals surface area (Å²) >= 11 is 0. The molecule has 0 bridgehead atoms. The molecule has 0 aliphatic carbocycles. The number of nitrogens with zero attached hydrogens (tertiary/aromatic N) is 2. The normalized spacial score (nSPS) is 12.7. The Bertz CT molecular complexity index is 536. The van der Waals surface area contributed by atoms with Crippen molar-refractivity contribution >= 4 is 16.6 Å². The van der Waals surface area contributed by atoms with Gasteiger partial charge in [-0.15, -0.1) is 0 Å². The topological polar surface area (TPSA) is 42.1 Å². The third kappa shape index (κ3) is 2.18. The minimum Gasteiger partial charge on any atom is -0.371 e. The second-order valence-electron chi connectivity index (χ2n) is 4.72. The molecule has 3 nitrogen and oxygen atoms in total. The lowest BCUT2D eigenvalue weighted by molar-refractivity contribution is 0.662. The summed E-state index contributed by atoms with van der Waals surface area (Å²) in [6.45, 7) is 4.95. The van der Waals surface area contributed by atoms with Crippen LogP contribution in [0.25, 0.3) is 10.9 Å². The van der Waals surface area contributed by atoms with Gasteiger partial charge in [-0.05, 0) is 19.4 Å². The van der Waals surface area contributed by atoms with Gasteiger partial charge in [0, 0.05) is 36.8 Å². The first kappa shape index (κ1) is 12.8. The highest BCUT2D eigenvalue weighted by Gasteiger charge is 2.15. The molecule has 0 radical (unpaired) electrons. The Kier molecular flexibility index (Phi) is 3.82. The maximum absolute atomic E-state index is 5.85. The molecule has 0 spiro atoms. The molecule has 0 saturated heterocycles. The number of hydrogen-bond acceptors (Lipinski definition) is 3. The molecule has 96 valence electrons. The maximum Gasteiger partial charge on any atom is 0.0723 e. The molecule has 18 heavy (non-hydrogen) atoms. The summed E-state index contributed by atoms with van der Waals surface area (Å²) < 4.78 is 0. The Balaban J connectivity index is 2.64. The molecule has 0 fully saturated rings. The lowest BCUT2D eigenvalue weighted by Gasteiger charge is -2.29. The number of hydrogen-bond donors (Lipinski definition) is 1. The van der Waals surface area contributed by atoms with E-state index in [0.29, 0.717) is 12.6 Å². The summed E-state index contributed by atoms with van der Waals surface area (Å²) in [6, 6.07) is 8.73. The van der Waals surface area contributed by atoms with E-state index < -0.39 is 0 Å². The van der Waals surface area contributed by atoms with Gasteiger partial charge in [-0.2, -0.15) is 0 Å². The Labute approximate surface area is 109 Å². The fourth-order valence-corrected chi connectivity index (χ4v) is 2.23. The smallest absolute Gasteiger partial charge is 0.0723 e. The molecular formula is C15H21N3. The number of para-hydroxylation sites is 1. The van der Waals surface area contributed by atoms with Gasteiger partial charge in [0.2, 0.25) is 0 Å². The number of benzene rings is 1. The lowest BCUT2D eigenvalue weighted by atomic mass is 10.1.